The molecule has 0 aromatic heterocycles. The average molecular weight is 656 g/mol. The molecule has 200 valence electrons. The van der Waals surface area contributed by atoms with Gasteiger partial charge in [-0.2, -0.15) is 0 Å². The zero-order valence-corrected chi connectivity index (χ0v) is 19.8. The van der Waals surface area contributed by atoms with E-state index in [1.165, 1.54) is 49.6 Å². The monoisotopic (exact) mass is 658 g/mol. The number of allylic oxidation sites excluding steroid dienone is 1. The van der Waals surface area contributed by atoms with Crippen molar-refractivity contribution in [2.75, 3.05) is 7.11 Å². The van der Waals surface area contributed by atoms with Crippen LogP contribution in [0.3, 0.4) is 0 Å². The van der Waals surface area contributed by atoms with Gasteiger partial charge in [-0.25, -0.2) is 0 Å². The third kappa shape index (κ3) is 5.27. The molecule has 0 saturated heterocycles. The van der Waals surface area contributed by atoms with Gasteiger partial charge in [-0.1, -0.05) is 0 Å². The summed E-state index contributed by atoms with van der Waals surface area (Å²) in [6, 6.07) is 11.5. The third-order valence-electron chi connectivity index (χ3n) is 4.62. The van der Waals surface area contributed by atoms with Gasteiger partial charge in [0.15, 0.2) is 0 Å². The molecule has 36 heavy (non-hydrogen) atoms. The van der Waals surface area contributed by atoms with Crippen LogP contribution in [0.5, 0.6) is 5.75 Å². The maximum absolute atomic E-state index is 14.5. The summed E-state index contributed by atoms with van der Waals surface area (Å²) in [5.74, 6) is -37.0. The summed E-state index contributed by atoms with van der Waals surface area (Å²) in [4.78, 5) is 0. The van der Waals surface area contributed by atoms with Crippen LogP contribution in [0.15, 0.2) is 60.7 Å². The number of benzene rings is 2. The second-order valence-corrected chi connectivity index (χ2v) is 10.3. The number of hydrogen-bond acceptors (Lipinski definition) is 1. The second kappa shape index (κ2) is 9.96. The van der Waals surface area contributed by atoms with Gasteiger partial charge in [0.25, 0.3) is 0 Å². The fourth-order valence-corrected chi connectivity index (χ4v) is 5.46. The van der Waals surface area contributed by atoms with E-state index in [1.807, 2.05) is 0 Å². The van der Waals surface area contributed by atoms with Crippen molar-refractivity contribution < 1.29 is 61.8 Å². The minimum absolute atomic E-state index is 0.163. The first-order valence-corrected chi connectivity index (χ1v) is 11.6. The van der Waals surface area contributed by atoms with Crippen LogP contribution in [0, 0.1) is 0 Å². The number of halogens is 13. The zero-order chi connectivity index (χ0) is 27.8. The maximum atomic E-state index is 14.5. The summed E-state index contributed by atoms with van der Waals surface area (Å²) in [5, 5.41) is 0. The number of rotatable bonds is 9. The summed E-state index contributed by atoms with van der Waals surface area (Å²) in [5.41, 5.74) is -0.256. The molecule has 0 amide bonds. The number of ether oxygens (including phenoxy) is 1. The summed E-state index contributed by atoms with van der Waals surface area (Å²) in [6.45, 7) is 0. The Morgan fingerprint density at radius 2 is 1.11 bits per heavy atom. The van der Waals surface area contributed by atoms with Gasteiger partial charge in [0.1, 0.15) is 0 Å². The van der Waals surface area contributed by atoms with Crippen molar-refractivity contribution in [3.63, 3.8) is 0 Å². The van der Waals surface area contributed by atoms with E-state index in [4.69, 9.17) is 4.74 Å². The van der Waals surface area contributed by atoms with E-state index < -0.39 is 66.4 Å². The van der Waals surface area contributed by atoms with E-state index in [0.29, 0.717) is 0 Å². The SMILES string of the molecule is COc1ccc(/C(=C\C(F)(F)C(F)(F)C(F)(F)C(F)(F)C(F)(F)C(F)(F)F)[Te]c2ccccc2)cc1. The van der Waals surface area contributed by atoms with Crippen LogP contribution in [0.25, 0.3) is 3.62 Å². The molecule has 1 nitrogen and oxygen atoms in total. The van der Waals surface area contributed by atoms with Gasteiger partial charge in [0, 0.05) is 0 Å². The van der Waals surface area contributed by atoms with Crippen molar-refractivity contribution in [3.05, 3.63) is 66.2 Å². The molecule has 0 N–H and O–H groups in total. The Bertz CT molecular complexity index is 1060. The molecular weight excluding hydrogens is 643 g/mol. The van der Waals surface area contributed by atoms with E-state index in [1.54, 1.807) is 0 Å². The van der Waals surface area contributed by atoms with Crippen molar-refractivity contribution in [2.45, 2.75) is 35.8 Å². The molecule has 0 spiro atoms. The fourth-order valence-electron chi connectivity index (χ4n) is 2.58. The van der Waals surface area contributed by atoms with Gasteiger partial charge >= 0.3 is 205 Å². The second-order valence-electron chi connectivity index (χ2n) is 7.07. The van der Waals surface area contributed by atoms with Gasteiger partial charge in [-0.15, -0.1) is 0 Å². The van der Waals surface area contributed by atoms with Crippen molar-refractivity contribution in [3.8, 4) is 5.75 Å². The van der Waals surface area contributed by atoms with E-state index in [2.05, 4.69) is 0 Å². The van der Waals surface area contributed by atoms with Crippen LogP contribution < -0.4 is 8.35 Å². The van der Waals surface area contributed by atoms with Crippen molar-refractivity contribution in [2.24, 2.45) is 0 Å². The predicted molar refractivity (Wildman–Crippen MR) is 104 cm³/mol. The number of alkyl halides is 13. The molecule has 0 saturated carbocycles. The zero-order valence-electron chi connectivity index (χ0n) is 17.5. The normalized spacial score (nSPS) is 14.7. The van der Waals surface area contributed by atoms with Gasteiger partial charge in [0.2, 0.25) is 0 Å². The Kier molecular flexibility index (Phi) is 8.33. The molecule has 0 heterocycles. The van der Waals surface area contributed by atoms with Gasteiger partial charge < -0.3 is 0 Å². The van der Waals surface area contributed by atoms with Crippen LogP contribution >= 0.6 is 0 Å². The first kappa shape index (κ1) is 30.1. The molecule has 2 aromatic carbocycles. The first-order chi connectivity index (χ1) is 16.2. The van der Waals surface area contributed by atoms with E-state index in [0.717, 1.165) is 12.1 Å². The number of hydrogen-bond donors (Lipinski definition) is 0. The Hall–Kier alpha value is -2.14. The predicted octanol–water partition coefficient (Wildman–Crippen LogP) is 6.80. The molecule has 0 fully saturated rings. The Labute approximate surface area is 205 Å². The molecule has 0 aliphatic carbocycles. The van der Waals surface area contributed by atoms with Crippen molar-refractivity contribution >= 4 is 28.2 Å². The fraction of sp³-hybridized carbons (Fsp3) is 0.333. The van der Waals surface area contributed by atoms with Crippen LogP contribution in [0.4, 0.5) is 57.1 Å². The first-order valence-electron chi connectivity index (χ1n) is 9.29. The number of methoxy groups -OCH3 is 1. The molecular formula is C21H13F13OTe. The molecule has 2 rings (SSSR count). The summed E-state index contributed by atoms with van der Waals surface area (Å²) >= 11 is -2.13. The Balaban J connectivity index is 2.65. The van der Waals surface area contributed by atoms with Crippen LogP contribution in [-0.4, -0.2) is 63.8 Å². The Morgan fingerprint density at radius 3 is 1.56 bits per heavy atom. The molecule has 0 aliphatic heterocycles. The van der Waals surface area contributed by atoms with E-state index >= 15 is 0 Å². The van der Waals surface area contributed by atoms with Gasteiger partial charge in [-0.3, -0.25) is 0 Å². The molecule has 0 unspecified atom stereocenters. The average Bonchev–Trinajstić information content (AvgIpc) is 2.78. The summed E-state index contributed by atoms with van der Waals surface area (Å²) in [7, 11) is 1.22. The Morgan fingerprint density at radius 1 is 0.639 bits per heavy atom. The van der Waals surface area contributed by atoms with Crippen LogP contribution in [-0.2, 0) is 0 Å². The van der Waals surface area contributed by atoms with Crippen molar-refractivity contribution in [1.29, 1.82) is 0 Å². The molecule has 0 bridgehead atoms. The summed E-state index contributed by atoms with van der Waals surface area (Å²) in [6.07, 6.45) is -8.26. The van der Waals surface area contributed by atoms with Gasteiger partial charge in [0.05, 0.1) is 0 Å². The van der Waals surface area contributed by atoms with Gasteiger partial charge in [-0.05, 0) is 0 Å². The summed E-state index contributed by atoms with van der Waals surface area (Å²) < 4.78 is 180. The van der Waals surface area contributed by atoms with Crippen LogP contribution in [0.2, 0.25) is 0 Å². The minimum atomic E-state index is -7.94. The molecule has 2 aromatic rings. The molecule has 15 heteroatoms. The van der Waals surface area contributed by atoms with Crippen molar-refractivity contribution in [1.82, 2.24) is 0 Å². The topological polar surface area (TPSA) is 9.23 Å². The molecule has 0 atom stereocenters. The standard InChI is InChI=1S/C21H13F13OTe/c1-35-13-9-7-12(8-10-13)15(36-14-5-3-2-4-6-14)11-16(22,23)17(24,25)18(26,27)19(28,29)20(30,31)21(32,33)34/h2-11H,1H3/b15-11+. The molecule has 0 aliphatic rings. The van der Waals surface area contributed by atoms with E-state index in [9.17, 15) is 57.1 Å². The molecule has 0 radical (unpaired) electrons. The van der Waals surface area contributed by atoms with E-state index in [-0.39, 0.29) is 14.9 Å². The van der Waals surface area contributed by atoms with Crippen LogP contribution in [0.1, 0.15) is 5.56 Å². The quantitative estimate of drug-likeness (QED) is 0.213. The third-order valence-corrected chi connectivity index (χ3v) is 7.70.